The largest absolute Gasteiger partial charge is 0.370 e. The predicted octanol–water partition coefficient (Wildman–Crippen LogP) is 2.15. The van der Waals surface area contributed by atoms with Crippen LogP contribution < -0.4 is 11.1 Å². The molecule has 1 saturated carbocycles. The van der Waals surface area contributed by atoms with E-state index in [1.807, 2.05) is 0 Å². The minimum absolute atomic E-state index is 0.575. The molecule has 0 radical (unpaired) electrons. The molecule has 0 aromatic rings. The number of aliphatic imine (C=N–C) groups is 1. The number of nitrogens with two attached hydrogens (primary N) is 1. The smallest absolute Gasteiger partial charge is 0.188 e. The molecular formula is C14H25N3. The fraction of sp³-hybridized carbons (Fsp3) is 0.786. The number of rotatable bonds is 5. The summed E-state index contributed by atoms with van der Waals surface area (Å²) in [6.07, 6.45) is 8.80. The standard InChI is InChI=1S/C14H25N3/c1-10(2)9-17-14(15)16-6-5-13-8-11-3-4-12(13)7-11/h3-4,10-13H,5-9H2,1-2H3,(H3,15,16,17)/t11-,12+,13?/m1/s1. The van der Waals surface area contributed by atoms with Crippen LogP contribution in [0.25, 0.3) is 0 Å². The zero-order valence-corrected chi connectivity index (χ0v) is 11.0. The number of nitrogens with zero attached hydrogens (tertiary/aromatic N) is 1. The minimum Gasteiger partial charge on any atom is -0.370 e. The van der Waals surface area contributed by atoms with E-state index in [-0.39, 0.29) is 0 Å². The highest BCUT2D eigenvalue weighted by Crippen LogP contribution is 2.44. The Kier molecular flexibility index (Phi) is 4.08. The molecule has 3 atom stereocenters. The minimum atomic E-state index is 0.575. The van der Waals surface area contributed by atoms with Crippen LogP contribution in [0.3, 0.4) is 0 Å². The van der Waals surface area contributed by atoms with Crippen molar-refractivity contribution in [1.29, 1.82) is 0 Å². The molecule has 0 aliphatic heterocycles. The van der Waals surface area contributed by atoms with E-state index in [9.17, 15) is 0 Å². The first-order valence-electron chi connectivity index (χ1n) is 6.87. The van der Waals surface area contributed by atoms with E-state index in [0.29, 0.717) is 11.9 Å². The van der Waals surface area contributed by atoms with Crippen LogP contribution in [0, 0.1) is 23.7 Å². The number of fused-ring (bicyclic) bond motifs is 2. The SMILES string of the molecule is CC(C)CN=C(N)NCCC1C[C@@H]2C=C[C@H]1C2. The number of guanidine groups is 1. The molecule has 2 bridgehead atoms. The van der Waals surface area contributed by atoms with Gasteiger partial charge in [0.1, 0.15) is 0 Å². The van der Waals surface area contributed by atoms with Crippen molar-refractivity contribution in [2.24, 2.45) is 34.4 Å². The van der Waals surface area contributed by atoms with Gasteiger partial charge in [-0.2, -0.15) is 0 Å². The van der Waals surface area contributed by atoms with Gasteiger partial charge in [-0.15, -0.1) is 0 Å². The van der Waals surface area contributed by atoms with Crippen molar-refractivity contribution in [2.75, 3.05) is 13.1 Å². The van der Waals surface area contributed by atoms with Crippen molar-refractivity contribution in [1.82, 2.24) is 5.32 Å². The highest BCUT2D eigenvalue weighted by atomic mass is 15.1. The quantitative estimate of drug-likeness (QED) is 0.436. The lowest BCUT2D eigenvalue weighted by Gasteiger charge is -2.18. The molecule has 1 unspecified atom stereocenters. The molecular weight excluding hydrogens is 210 g/mol. The van der Waals surface area contributed by atoms with Gasteiger partial charge in [0.2, 0.25) is 0 Å². The maximum Gasteiger partial charge on any atom is 0.188 e. The summed E-state index contributed by atoms with van der Waals surface area (Å²) in [5.41, 5.74) is 5.81. The van der Waals surface area contributed by atoms with Gasteiger partial charge in [0, 0.05) is 13.1 Å². The van der Waals surface area contributed by atoms with Gasteiger partial charge >= 0.3 is 0 Å². The summed E-state index contributed by atoms with van der Waals surface area (Å²) in [6.45, 7) is 6.08. The maximum atomic E-state index is 5.81. The molecule has 17 heavy (non-hydrogen) atoms. The van der Waals surface area contributed by atoms with Crippen molar-refractivity contribution >= 4 is 5.96 Å². The Morgan fingerprint density at radius 1 is 1.41 bits per heavy atom. The van der Waals surface area contributed by atoms with Gasteiger partial charge in [0.15, 0.2) is 5.96 Å². The maximum absolute atomic E-state index is 5.81. The van der Waals surface area contributed by atoms with Gasteiger partial charge in [0.05, 0.1) is 0 Å². The summed E-state index contributed by atoms with van der Waals surface area (Å²) in [5.74, 6) is 3.77. The van der Waals surface area contributed by atoms with Crippen LogP contribution in [0.5, 0.6) is 0 Å². The van der Waals surface area contributed by atoms with Crippen LogP contribution in [0.15, 0.2) is 17.1 Å². The summed E-state index contributed by atoms with van der Waals surface area (Å²) < 4.78 is 0. The van der Waals surface area contributed by atoms with Crippen molar-refractivity contribution in [3.63, 3.8) is 0 Å². The monoisotopic (exact) mass is 235 g/mol. The summed E-state index contributed by atoms with van der Waals surface area (Å²) >= 11 is 0. The van der Waals surface area contributed by atoms with Gasteiger partial charge in [-0.25, -0.2) is 0 Å². The Morgan fingerprint density at radius 3 is 2.82 bits per heavy atom. The van der Waals surface area contributed by atoms with Gasteiger partial charge in [0.25, 0.3) is 0 Å². The van der Waals surface area contributed by atoms with Crippen LogP contribution in [0.2, 0.25) is 0 Å². The molecule has 1 fully saturated rings. The van der Waals surface area contributed by atoms with Crippen molar-refractivity contribution in [3.8, 4) is 0 Å². The highest BCUT2D eigenvalue weighted by Gasteiger charge is 2.34. The van der Waals surface area contributed by atoms with Crippen LogP contribution in [-0.2, 0) is 0 Å². The first-order chi connectivity index (χ1) is 8.15. The Hall–Kier alpha value is -0.990. The van der Waals surface area contributed by atoms with E-state index in [0.717, 1.165) is 30.8 Å². The molecule has 3 nitrogen and oxygen atoms in total. The third kappa shape index (κ3) is 3.48. The lowest BCUT2D eigenvalue weighted by molar-refractivity contribution is 0.415. The second kappa shape index (κ2) is 5.56. The lowest BCUT2D eigenvalue weighted by atomic mass is 9.91. The van der Waals surface area contributed by atoms with Gasteiger partial charge < -0.3 is 11.1 Å². The van der Waals surface area contributed by atoms with Crippen LogP contribution in [-0.4, -0.2) is 19.0 Å². The molecule has 0 spiro atoms. The summed E-state index contributed by atoms with van der Waals surface area (Å²) in [7, 11) is 0. The summed E-state index contributed by atoms with van der Waals surface area (Å²) in [6, 6.07) is 0. The van der Waals surface area contributed by atoms with Gasteiger partial charge in [-0.3, -0.25) is 4.99 Å². The zero-order valence-electron chi connectivity index (χ0n) is 11.0. The predicted molar refractivity (Wildman–Crippen MR) is 72.8 cm³/mol. The average molecular weight is 235 g/mol. The number of hydrogen-bond donors (Lipinski definition) is 2. The average Bonchev–Trinajstić information content (AvgIpc) is 2.88. The van der Waals surface area contributed by atoms with Crippen LogP contribution in [0.4, 0.5) is 0 Å². The van der Waals surface area contributed by atoms with E-state index in [4.69, 9.17) is 5.73 Å². The van der Waals surface area contributed by atoms with E-state index in [2.05, 4.69) is 36.3 Å². The third-order valence-electron chi connectivity index (χ3n) is 3.86. The third-order valence-corrected chi connectivity index (χ3v) is 3.86. The lowest BCUT2D eigenvalue weighted by Crippen LogP contribution is -2.34. The van der Waals surface area contributed by atoms with Crippen molar-refractivity contribution in [2.45, 2.75) is 33.1 Å². The first-order valence-corrected chi connectivity index (χ1v) is 6.87. The molecule has 0 aromatic heterocycles. The zero-order chi connectivity index (χ0) is 12.3. The highest BCUT2D eigenvalue weighted by molar-refractivity contribution is 5.77. The Balaban J connectivity index is 1.63. The molecule has 0 aromatic carbocycles. The van der Waals surface area contributed by atoms with E-state index >= 15 is 0 Å². The normalized spacial score (nSPS) is 31.5. The van der Waals surface area contributed by atoms with Crippen molar-refractivity contribution in [3.05, 3.63) is 12.2 Å². The Morgan fingerprint density at radius 2 is 2.24 bits per heavy atom. The molecule has 3 heteroatoms. The van der Waals surface area contributed by atoms with Crippen LogP contribution >= 0.6 is 0 Å². The van der Waals surface area contributed by atoms with Gasteiger partial charge in [-0.05, 0) is 42.9 Å². The second-order valence-corrected chi connectivity index (χ2v) is 5.88. The molecule has 96 valence electrons. The second-order valence-electron chi connectivity index (χ2n) is 5.88. The summed E-state index contributed by atoms with van der Waals surface area (Å²) in [5, 5.41) is 3.23. The molecule has 2 rings (SSSR count). The Labute approximate surface area is 105 Å². The first kappa shape index (κ1) is 12.5. The number of hydrogen-bond acceptors (Lipinski definition) is 1. The molecule has 3 N–H and O–H groups in total. The van der Waals surface area contributed by atoms with Gasteiger partial charge in [-0.1, -0.05) is 26.0 Å². The van der Waals surface area contributed by atoms with E-state index in [1.165, 1.54) is 19.3 Å². The topological polar surface area (TPSA) is 50.4 Å². The van der Waals surface area contributed by atoms with Crippen LogP contribution in [0.1, 0.15) is 33.1 Å². The van der Waals surface area contributed by atoms with E-state index < -0.39 is 0 Å². The van der Waals surface area contributed by atoms with Crippen molar-refractivity contribution < 1.29 is 0 Å². The summed E-state index contributed by atoms with van der Waals surface area (Å²) in [4.78, 5) is 4.31. The molecule has 2 aliphatic rings. The number of nitrogens with one attached hydrogen (secondary N) is 1. The van der Waals surface area contributed by atoms with E-state index in [1.54, 1.807) is 0 Å². The fourth-order valence-electron chi connectivity index (χ4n) is 2.95. The molecule has 2 aliphatic carbocycles. The number of allylic oxidation sites excluding steroid dienone is 2. The molecule has 0 heterocycles. The Bertz CT molecular complexity index is 307. The molecule has 0 amide bonds. The molecule has 0 saturated heterocycles. The fourth-order valence-corrected chi connectivity index (χ4v) is 2.95.